The Bertz CT molecular complexity index is 389. The number of hydrogen-bond acceptors (Lipinski definition) is 4. The zero-order valence-electron chi connectivity index (χ0n) is 7.20. The molecule has 2 rings (SSSR count). The van der Waals surface area contributed by atoms with Crippen molar-refractivity contribution in [3.63, 3.8) is 0 Å². The first kappa shape index (κ1) is 9.54. The molecule has 0 fully saturated rings. The van der Waals surface area contributed by atoms with E-state index in [4.69, 9.17) is 11.5 Å². The molecule has 1 aromatic rings. The first-order chi connectivity index (χ1) is 6.61. The average molecular weight is 228 g/mol. The van der Waals surface area contributed by atoms with Crippen LogP contribution < -0.4 is 11.5 Å². The van der Waals surface area contributed by atoms with Crippen molar-refractivity contribution in [3.8, 4) is 0 Å². The Labute approximate surface area is 88.7 Å². The first-order valence-corrected chi connectivity index (χ1v) is 5.90. The molecule has 0 atom stereocenters. The Hall–Kier alpha value is -1.01. The fourth-order valence-corrected chi connectivity index (χ4v) is 3.83. The minimum absolute atomic E-state index is 0.471. The molecule has 0 saturated heterocycles. The molecule has 0 bridgehead atoms. The molecule has 4 N–H and O–H groups in total. The van der Waals surface area contributed by atoms with Gasteiger partial charge in [0.25, 0.3) is 11.8 Å². The Morgan fingerprint density at radius 3 is 1.79 bits per heavy atom. The molecule has 1 aromatic heterocycles. The van der Waals surface area contributed by atoms with Gasteiger partial charge in [-0.2, -0.15) is 11.8 Å². The molecule has 1 aliphatic rings. The highest BCUT2D eigenvalue weighted by Gasteiger charge is 2.27. The zero-order chi connectivity index (χ0) is 10.3. The lowest BCUT2D eigenvalue weighted by Gasteiger charge is -1.91. The number of amides is 2. The molecule has 4 nitrogen and oxygen atoms in total. The number of rotatable bonds is 2. The van der Waals surface area contributed by atoms with E-state index in [9.17, 15) is 9.59 Å². The van der Waals surface area contributed by atoms with E-state index in [1.807, 2.05) is 0 Å². The van der Waals surface area contributed by atoms with Gasteiger partial charge in [-0.25, -0.2) is 0 Å². The summed E-state index contributed by atoms with van der Waals surface area (Å²) in [4.78, 5) is 23.1. The number of nitrogens with two attached hydrogens (primary N) is 2. The molecule has 0 radical (unpaired) electrons. The number of carbonyl (C=O) groups excluding carboxylic acids is 2. The number of thioether (sulfide) groups is 1. The van der Waals surface area contributed by atoms with Gasteiger partial charge in [-0.05, 0) is 11.1 Å². The Morgan fingerprint density at radius 2 is 1.43 bits per heavy atom. The number of primary amides is 2. The molecule has 0 aromatic carbocycles. The third-order valence-corrected chi connectivity index (χ3v) is 4.35. The second kappa shape index (κ2) is 3.29. The summed E-state index contributed by atoms with van der Waals surface area (Å²) in [6, 6.07) is 0. The maximum Gasteiger partial charge on any atom is 0.259 e. The highest BCUT2D eigenvalue weighted by molar-refractivity contribution is 7.98. The minimum atomic E-state index is -0.471. The summed E-state index contributed by atoms with van der Waals surface area (Å²) in [7, 11) is 0. The minimum Gasteiger partial charge on any atom is -0.365 e. The van der Waals surface area contributed by atoms with Gasteiger partial charge in [0.15, 0.2) is 0 Å². The van der Waals surface area contributed by atoms with E-state index in [1.165, 1.54) is 0 Å². The summed E-state index contributed by atoms with van der Waals surface area (Å²) >= 11 is 2.78. The molecule has 74 valence electrons. The van der Waals surface area contributed by atoms with E-state index in [0.29, 0.717) is 9.75 Å². The van der Waals surface area contributed by atoms with E-state index >= 15 is 0 Å². The third-order valence-electron chi connectivity index (χ3n) is 2.06. The van der Waals surface area contributed by atoms with Crippen molar-refractivity contribution in [2.45, 2.75) is 11.5 Å². The van der Waals surface area contributed by atoms with Gasteiger partial charge in [-0.3, -0.25) is 9.59 Å². The molecule has 0 saturated carbocycles. The highest BCUT2D eigenvalue weighted by atomic mass is 32.2. The normalized spacial score (nSPS) is 14.0. The summed E-state index contributed by atoms with van der Waals surface area (Å²) in [6.07, 6.45) is 0. The van der Waals surface area contributed by atoms with Crippen molar-refractivity contribution in [3.05, 3.63) is 20.9 Å². The van der Waals surface area contributed by atoms with E-state index in [-0.39, 0.29) is 0 Å². The Balaban J connectivity index is 2.60. The number of hydrogen-bond donors (Lipinski definition) is 2. The molecule has 1 aliphatic heterocycles. The highest BCUT2D eigenvalue weighted by Crippen LogP contribution is 2.39. The van der Waals surface area contributed by atoms with Gasteiger partial charge in [-0.1, -0.05) is 0 Å². The van der Waals surface area contributed by atoms with Gasteiger partial charge in [0.2, 0.25) is 0 Å². The maximum atomic E-state index is 11.1. The van der Waals surface area contributed by atoms with E-state index in [0.717, 1.165) is 34.0 Å². The van der Waals surface area contributed by atoms with Crippen LogP contribution in [0, 0.1) is 0 Å². The maximum absolute atomic E-state index is 11.1. The van der Waals surface area contributed by atoms with Crippen molar-refractivity contribution in [1.82, 2.24) is 0 Å². The molecule has 2 heterocycles. The van der Waals surface area contributed by atoms with Crippen molar-refractivity contribution in [2.75, 3.05) is 0 Å². The first-order valence-electron chi connectivity index (χ1n) is 3.93. The molecule has 0 spiro atoms. The van der Waals surface area contributed by atoms with E-state index in [1.54, 1.807) is 11.8 Å². The summed E-state index contributed by atoms with van der Waals surface area (Å²) < 4.78 is 0. The van der Waals surface area contributed by atoms with Crippen LogP contribution in [0.5, 0.6) is 0 Å². The van der Waals surface area contributed by atoms with Crippen LogP contribution in [-0.4, -0.2) is 11.8 Å². The van der Waals surface area contributed by atoms with Crippen LogP contribution in [0.4, 0.5) is 0 Å². The number of carbonyl (C=O) groups is 2. The van der Waals surface area contributed by atoms with Crippen LogP contribution >= 0.6 is 23.1 Å². The van der Waals surface area contributed by atoms with Crippen LogP contribution in [0.25, 0.3) is 0 Å². The van der Waals surface area contributed by atoms with Gasteiger partial charge in [0.1, 0.15) is 0 Å². The van der Waals surface area contributed by atoms with E-state index < -0.39 is 11.8 Å². The molecule has 0 unspecified atom stereocenters. The van der Waals surface area contributed by atoms with Crippen LogP contribution in [0.2, 0.25) is 0 Å². The largest absolute Gasteiger partial charge is 0.365 e. The molecule has 14 heavy (non-hydrogen) atoms. The van der Waals surface area contributed by atoms with Gasteiger partial charge < -0.3 is 11.5 Å². The van der Waals surface area contributed by atoms with Crippen LogP contribution in [-0.2, 0) is 11.5 Å². The van der Waals surface area contributed by atoms with Crippen LogP contribution in [0.1, 0.15) is 30.5 Å². The van der Waals surface area contributed by atoms with Gasteiger partial charge in [-0.15, -0.1) is 11.3 Å². The lowest BCUT2D eigenvalue weighted by molar-refractivity contribution is 0.0996. The lowest BCUT2D eigenvalue weighted by Crippen LogP contribution is -2.11. The topological polar surface area (TPSA) is 86.2 Å². The quantitative estimate of drug-likeness (QED) is 0.781. The SMILES string of the molecule is NC(=O)c1sc(C(N)=O)c2c1CSC2. The zero-order valence-corrected chi connectivity index (χ0v) is 8.83. The average Bonchev–Trinajstić information content (AvgIpc) is 2.59. The van der Waals surface area contributed by atoms with Crippen LogP contribution in [0.3, 0.4) is 0 Å². The fourth-order valence-electron chi connectivity index (χ4n) is 1.46. The monoisotopic (exact) mass is 228 g/mol. The standard InChI is InChI=1S/C8H8N2O2S2/c9-7(11)5-3-1-13-2-4(3)6(14-5)8(10)12/h1-2H2,(H2,9,11)(H2,10,12). The van der Waals surface area contributed by atoms with Gasteiger partial charge in [0, 0.05) is 11.5 Å². The van der Waals surface area contributed by atoms with Gasteiger partial charge >= 0.3 is 0 Å². The molecule has 2 amide bonds. The van der Waals surface area contributed by atoms with E-state index in [2.05, 4.69) is 0 Å². The predicted octanol–water partition coefficient (Wildman–Crippen LogP) is 0.693. The van der Waals surface area contributed by atoms with Crippen molar-refractivity contribution >= 4 is 34.9 Å². The molecular weight excluding hydrogens is 220 g/mol. The van der Waals surface area contributed by atoms with Crippen molar-refractivity contribution < 1.29 is 9.59 Å². The number of thiophene rings is 1. The van der Waals surface area contributed by atoms with Crippen LogP contribution in [0.15, 0.2) is 0 Å². The smallest absolute Gasteiger partial charge is 0.259 e. The molecule has 0 aliphatic carbocycles. The number of fused-ring (bicyclic) bond motifs is 1. The Morgan fingerprint density at radius 1 is 1.00 bits per heavy atom. The fraction of sp³-hybridized carbons (Fsp3) is 0.250. The Kier molecular flexibility index (Phi) is 2.24. The molecule has 6 heteroatoms. The lowest BCUT2D eigenvalue weighted by atomic mass is 10.1. The third kappa shape index (κ3) is 1.31. The second-order valence-corrected chi connectivity index (χ2v) is 4.94. The summed E-state index contributed by atoms with van der Waals surface area (Å²) in [5.41, 5.74) is 12.2. The second-order valence-electron chi connectivity index (χ2n) is 2.94. The van der Waals surface area contributed by atoms with Gasteiger partial charge in [0.05, 0.1) is 9.75 Å². The summed E-state index contributed by atoms with van der Waals surface area (Å²) in [5, 5.41) is 0. The summed E-state index contributed by atoms with van der Waals surface area (Å²) in [6.45, 7) is 0. The predicted molar refractivity (Wildman–Crippen MR) is 56.4 cm³/mol. The van der Waals surface area contributed by atoms with Crippen molar-refractivity contribution in [1.29, 1.82) is 0 Å². The molecular formula is C8H8N2O2S2. The van der Waals surface area contributed by atoms with Crippen molar-refractivity contribution in [2.24, 2.45) is 11.5 Å². The summed E-state index contributed by atoms with van der Waals surface area (Å²) in [5.74, 6) is 0.553.